The lowest BCUT2D eigenvalue weighted by atomic mass is 10.2. The largest absolute Gasteiger partial charge is 0.368 e. The predicted octanol–water partition coefficient (Wildman–Crippen LogP) is 0.899. The number of piperazine rings is 1. The number of carbonyl (C=O) groups excluding carboxylic acids is 2. The molecule has 0 aliphatic carbocycles. The SMILES string of the molecule is O=C(C1CCCO1)N1CCN(CC(=O)N2CCc3ccccc32)CC1. The summed E-state index contributed by atoms with van der Waals surface area (Å²) in [5.74, 6) is 0.279. The van der Waals surface area contributed by atoms with Gasteiger partial charge in [-0.25, -0.2) is 0 Å². The monoisotopic (exact) mass is 343 g/mol. The average molecular weight is 343 g/mol. The van der Waals surface area contributed by atoms with E-state index in [-0.39, 0.29) is 17.9 Å². The third kappa shape index (κ3) is 3.41. The highest BCUT2D eigenvalue weighted by Crippen LogP contribution is 2.27. The summed E-state index contributed by atoms with van der Waals surface area (Å²) in [6.45, 7) is 4.76. The van der Waals surface area contributed by atoms with Gasteiger partial charge in [0.2, 0.25) is 5.91 Å². The average Bonchev–Trinajstić information content (AvgIpc) is 3.31. The molecule has 0 N–H and O–H groups in total. The number of rotatable bonds is 3. The van der Waals surface area contributed by atoms with E-state index >= 15 is 0 Å². The van der Waals surface area contributed by atoms with Gasteiger partial charge >= 0.3 is 0 Å². The summed E-state index contributed by atoms with van der Waals surface area (Å²) in [6, 6.07) is 8.13. The molecule has 1 aromatic rings. The van der Waals surface area contributed by atoms with Crippen molar-refractivity contribution in [3.05, 3.63) is 29.8 Å². The van der Waals surface area contributed by atoms with Crippen molar-refractivity contribution in [3.63, 3.8) is 0 Å². The Morgan fingerprint density at radius 3 is 2.64 bits per heavy atom. The Balaban J connectivity index is 1.29. The van der Waals surface area contributed by atoms with Gasteiger partial charge in [0, 0.05) is 45.0 Å². The van der Waals surface area contributed by atoms with Gasteiger partial charge in [0.15, 0.2) is 0 Å². The van der Waals surface area contributed by atoms with E-state index in [9.17, 15) is 9.59 Å². The van der Waals surface area contributed by atoms with Crippen molar-refractivity contribution in [1.29, 1.82) is 0 Å². The van der Waals surface area contributed by atoms with Crippen molar-refractivity contribution >= 4 is 17.5 Å². The number of hydrogen-bond acceptors (Lipinski definition) is 4. The minimum absolute atomic E-state index is 0.122. The normalized spacial score (nSPS) is 23.8. The van der Waals surface area contributed by atoms with Gasteiger partial charge in [0.05, 0.1) is 6.54 Å². The van der Waals surface area contributed by atoms with Crippen LogP contribution in [0.3, 0.4) is 0 Å². The van der Waals surface area contributed by atoms with Gasteiger partial charge in [0.25, 0.3) is 5.91 Å². The number of fused-ring (bicyclic) bond motifs is 1. The molecule has 4 rings (SSSR count). The molecule has 2 amide bonds. The molecule has 2 fully saturated rings. The highest BCUT2D eigenvalue weighted by atomic mass is 16.5. The number of anilines is 1. The molecule has 25 heavy (non-hydrogen) atoms. The smallest absolute Gasteiger partial charge is 0.251 e. The molecule has 0 spiro atoms. The Morgan fingerprint density at radius 1 is 1.08 bits per heavy atom. The van der Waals surface area contributed by atoms with Gasteiger partial charge < -0.3 is 14.5 Å². The van der Waals surface area contributed by atoms with Crippen LogP contribution in [0.2, 0.25) is 0 Å². The molecule has 2 saturated heterocycles. The van der Waals surface area contributed by atoms with Crippen LogP contribution in [-0.2, 0) is 20.7 Å². The molecule has 1 aromatic carbocycles. The van der Waals surface area contributed by atoms with Crippen LogP contribution >= 0.6 is 0 Å². The molecule has 3 aliphatic rings. The van der Waals surface area contributed by atoms with E-state index in [1.165, 1.54) is 5.56 Å². The van der Waals surface area contributed by atoms with Crippen LogP contribution in [0.1, 0.15) is 18.4 Å². The first-order valence-electron chi connectivity index (χ1n) is 9.23. The quantitative estimate of drug-likeness (QED) is 0.818. The van der Waals surface area contributed by atoms with Crippen molar-refractivity contribution in [1.82, 2.24) is 9.80 Å². The zero-order valence-corrected chi connectivity index (χ0v) is 14.5. The van der Waals surface area contributed by atoms with Crippen LogP contribution in [0.5, 0.6) is 0 Å². The van der Waals surface area contributed by atoms with Gasteiger partial charge in [-0.3, -0.25) is 14.5 Å². The topological polar surface area (TPSA) is 53.1 Å². The summed E-state index contributed by atoms with van der Waals surface area (Å²) in [4.78, 5) is 31.0. The first kappa shape index (κ1) is 16.5. The summed E-state index contributed by atoms with van der Waals surface area (Å²) in [6.07, 6.45) is 2.51. The van der Waals surface area contributed by atoms with Gasteiger partial charge in [-0.2, -0.15) is 0 Å². The van der Waals surface area contributed by atoms with E-state index in [0.29, 0.717) is 26.2 Å². The Kier molecular flexibility index (Phi) is 4.72. The summed E-state index contributed by atoms with van der Waals surface area (Å²) >= 11 is 0. The predicted molar refractivity (Wildman–Crippen MR) is 94.5 cm³/mol. The fraction of sp³-hybridized carbons (Fsp3) is 0.579. The van der Waals surface area contributed by atoms with Crippen LogP contribution in [-0.4, -0.2) is 73.6 Å². The van der Waals surface area contributed by atoms with Crippen molar-refractivity contribution in [2.45, 2.75) is 25.4 Å². The molecule has 0 saturated carbocycles. The summed E-state index contributed by atoms with van der Waals surface area (Å²) in [5.41, 5.74) is 2.31. The number of amides is 2. The van der Waals surface area contributed by atoms with Crippen molar-refractivity contribution < 1.29 is 14.3 Å². The zero-order valence-electron chi connectivity index (χ0n) is 14.5. The second-order valence-electron chi connectivity index (χ2n) is 7.03. The lowest BCUT2D eigenvalue weighted by Gasteiger charge is -2.36. The zero-order chi connectivity index (χ0) is 17.2. The molecular formula is C19H25N3O3. The fourth-order valence-electron chi connectivity index (χ4n) is 3.98. The highest BCUT2D eigenvalue weighted by Gasteiger charge is 2.31. The molecule has 1 atom stereocenters. The second kappa shape index (κ2) is 7.14. The minimum atomic E-state index is -0.241. The van der Waals surface area contributed by atoms with E-state index in [4.69, 9.17) is 4.74 Å². The number of para-hydroxylation sites is 1. The minimum Gasteiger partial charge on any atom is -0.368 e. The van der Waals surface area contributed by atoms with E-state index in [0.717, 1.165) is 44.6 Å². The second-order valence-corrected chi connectivity index (χ2v) is 7.03. The van der Waals surface area contributed by atoms with Crippen molar-refractivity contribution in [2.24, 2.45) is 0 Å². The maximum Gasteiger partial charge on any atom is 0.251 e. The van der Waals surface area contributed by atoms with Crippen LogP contribution in [0, 0.1) is 0 Å². The molecule has 6 nitrogen and oxygen atoms in total. The molecule has 134 valence electrons. The standard InChI is InChI=1S/C19H25N3O3/c23-18(22-8-7-15-4-1-2-5-16(15)22)14-20-9-11-21(12-10-20)19(24)17-6-3-13-25-17/h1-2,4-5,17H,3,6-14H2. The molecule has 1 unspecified atom stereocenters. The summed E-state index contributed by atoms with van der Waals surface area (Å²) in [5, 5.41) is 0. The number of hydrogen-bond donors (Lipinski definition) is 0. The first-order chi connectivity index (χ1) is 12.2. The molecule has 3 heterocycles. The van der Waals surface area contributed by atoms with Crippen LogP contribution < -0.4 is 4.90 Å². The van der Waals surface area contributed by atoms with Crippen LogP contribution in [0.25, 0.3) is 0 Å². The fourth-order valence-corrected chi connectivity index (χ4v) is 3.98. The van der Waals surface area contributed by atoms with Crippen molar-refractivity contribution in [2.75, 3.05) is 50.8 Å². The molecule has 3 aliphatic heterocycles. The third-order valence-electron chi connectivity index (χ3n) is 5.44. The van der Waals surface area contributed by atoms with Gasteiger partial charge in [-0.05, 0) is 30.9 Å². The van der Waals surface area contributed by atoms with Crippen LogP contribution in [0.15, 0.2) is 24.3 Å². The maximum absolute atomic E-state index is 12.7. The Labute approximate surface area is 148 Å². The number of carbonyl (C=O) groups is 2. The Morgan fingerprint density at radius 2 is 1.88 bits per heavy atom. The molecule has 0 bridgehead atoms. The van der Waals surface area contributed by atoms with Gasteiger partial charge in [-0.1, -0.05) is 18.2 Å². The van der Waals surface area contributed by atoms with Gasteiger partial charge in [0.1, 0.15) is 6.10 Å². The van der Waals surface area contributed by atoms with Crippen molar-refractivity contribution in [3.8, 4) is 0 Å². The molecule has 0 radical (unpaired) electrons. The summed E-state index contributed by atoms with van der Waals surface area (Å²) in [7, 11) is 0. The molecular weight excluding hydrogens is 318 g/mol. The molecule has 0 aromatic heterocycles. The number of benzene rings is 1. The number of nitrogens with zero attached hydrogens (tertiary/aromatic N) is 3. The lowest BCUT2D eigenvalue weighted by molar-refractivity contribution is -0.142. The van der Waals surface area contributed by atoms with E-state index in [2.05, 4.69) is 11.0 Å². The van der Waals surface area contributed by atoms with Crippen LogP contribution in [0.4, 0.5) is 5.69 Å². The van der Waals surface area contributed by atoms with E-state index < -0.39 is 0 Å². The van der Waals surface area contributed by atoms with E-state index in [1.807, 2.05) is 28.0 Å². The van der Waals surface area contributed by atoms with E-state index in [1.54, 1.807) is 0 Å². The maximum atomic E-state index is 12.7. The Bertz CT molecular complexity index is 649. The third-order valence-corrected chi connectivity index (χ3v) is 5.44. The lowest BCUT2D eigenvalue weighted by Crippen LogP contribution is -2.53. The van der Waals surface area contributed by atoms with Gasteiger partial charge in [-0.15, -0.1) is 0 Å². The summed E-state index contributed by atoms with van der Waals surface area (Å²) < 4.78 is 5.49. The Hall–Kier alpha value is -1.92. The highest BCUT2D eigenvalue weighted by molar-refractivity contribution is 5.96. The number of ether oxygens (including phenoxy) is 1. The first-order valence-corrected chi connectivity index (χ1v) is 9.23. The molecule has 6 heteroatoms.